The maximum absolute atomic E-state index is 12.0. The van der Waals surface area contributed by atoms with Gasteiger partial charge < -0.3 is 20.1 Å². The van der Waals surface area contributed by atoms with Crippen LogP contribution in [-0.4, -0.2) is 22.6 Å². The number of benzene rings is 2. The van der Waals surface area contributed by atoms with Gasteiger partial charge in [-0.15, -0.1) is 0 Å². The summed E-state index contributed by atoms with van der Waals surface area (Å²) in [7, 11) is 0. The third-order valence-electron chi connectivity index (χ3n) is 4.02. The van der Waals surface area contributed by atoms with Gasteiger partial charge in [-0.1, -0.05) is 18.2 Å². The van der Waals surface area contributed by atoms with Crippen molar-refractivity contribution < 1.29 is 14.3 Å². The summed E-state index contributed by atoms with van der Waals surface area (Å²) in [5.41, 5.74) is 2.90. The van der Waals surface area contributed by atoms with Crippen molar-refractivity contribution in [3.63, 3.8) is 0 Å². The maximum atomic E-state index is 12.0. The highest BCUT2D eigenvalue weighted by Gasteiger charge is 2.13. The average molecular weight is 350 g/mol. The number of nitrogens with one attached hydrogen (secondary N) is 2. The summed E-state index contributed by atoms with van der Waals surface area (Å²) in [5.74, 6) is 1.44. The van der Waals surface area contributed by atoms with Crippen molar-refractivity contribution in [1.82, 2.24) is 20.4 Å². The van der Waals surface area contributed by atoms with Crippen LogP contribution in [0.4, 0.5) is 4.79 Å². The molecule has 2 aromatic carbocycles. The third-order valence-corrected chi connectivity index (χ3v) is 4.02. The first kappa shape index (κ1) is 16.0. The molecule has 0 atom stereocenters. The first-order chi connectivity index (χ1) is 12.8. The van der Waals surface area contributed by atoms with E-state index in [1.165, 1.54) is 0 Å². The number of nitrogens with zero attached hydrogens (tertiary/aromatic N) is 2. The molecule has 1 aliphatic rings. The van der Waals surface area contributed by atoms with Crippen LogP contribution >= 0.6 is 0 Å². The first-order valence-electron chi connectivity index (χ1n) is 8.27. The smallest absolute Gasteiger partial charge is 0.315 e. The Hall–Kier alpha value is -3.48. The second-order valence-electron chi connectivity index (χ2n) is 5.84. The van der Waals surface area contributed by atoms with Crippen molar-refractivity contribution in [1.29, 1.82) is 0 Å². The zero-order valence-corrected chi connectivity index (χ0v) is 14.0. The lowest BCUT2D eigenvalue weighted by Crippen LogP contribution is -2.34. The fourth-order valence-electron chi connectivity index (χ4n) is 2.71. The minimum absolute atomic E-state index is 0.229. The zero-order chi connectivity index (χ0) is 17.8. The molecule has 0 saturated carbocycles. The molecule has 0 spiro atoms. The summed E-state index contributed by atoms with van der Waals surface area (Å²) < 4.78 is 12.4. The van der Waals surface area contributed by atoms with Crippen molar-refractivity contribution >= 4 is 6.03 Å². The molecule has 26 heavy (non-hydrogen) atoms. The lowest BCUT2D eigenvalue weighted by molar-refractivity contribution is 0.174. The Labute approximate surface area is 150 Å². The van der Waals surface area contributed by atoms with Gasteiger partial charge in [-0.05, 0) is 41.5 Å². The third kappa shape index (κ3) is 3.61. The molecule has 7 heteroatoms. The molecule has 2 amide bonds. The topological polar surface area (TPSA) is 77.4 Å². The molecule has 0 radical (unpaired) electrons. The lowest BCUT2D eigenvalue weighted by Gasteiger charge is -2.09. The fourth-order valence-corrected chi connectivity index (χ4v) is 2.71. The predicted molar refractivity (Wildman–Crippen MR) is 95.2 cm³/mol. The average Bonchev–Trinajstić information content (AvgIpc) is 3.36. The van der Waals surface area contributed by atoms with Crippen LogP contribution in [0.5, 0.6) is 11.5 Å². The van der Waals surface area contributed by atoms with E-state index in [4.69, 9.17) is 9.47 Å². The maximum Gasteiger partial charge on any atom is 0.315 e. The van der Waals surface area contributed by atoms with E-state index in [0.29, 0.717) is 18.8 Å². The SMILES string of the molecule is O=C(NCc1cccc(-n2cccn2)c1)NCc1ccc2c(c1)OCO2. The molecule has 1 aromatic heterocycles. The number of ether oxygens (including phenoxy) is 2. The van der Waals surface area contributed by atoms with Crippen LogP contribution in [0, 0.1) is 0 Å². The summed E-state index contributed by atoms with van der Waals surface area (Å²) in [6.45, 7) is 1.09. The molecule has 3 aromatic rings. The van der Waals surface area contributed by atoms with Crippen molar-refractivity contribution in [2.75, 3.05) is 6.79 Å². The summed E-state index contributed by atoms with van der Waals surface area (Å²) >= 11 is 0. The molecular weight excluding hydrogens is 332 g/mol. The second kappa shape index (κ2) is 7.18. The summed E-state index contributed by atoms with van der Waals surface area (Å²) in [6.07, 6.45) is 3.61. The van der Waals surface area contributed by atoms with Crippen molar-refractivity contribution in [3.05, 3.63) is 72.1 Å². The van der Waals surface area contributed by atoms with Crippen LogP contribution in [0.1, 0.15) is 11.1 Å². The number of fused-ring (bicyclic) bond motifs is 1. The Kier molecular flexibility index (Phi) is 4.42. The number of rotatable bonds is 5. The van der Waals surface area contributed by atoms with Gasteiger partial charge in [0.25, 0.3) is 0 Å². The lowest BCUT2D eigenvalue weighted by atomic mass is 10.2. The second-order valence-corrected chi connectivity index (χ2v) is 5.84. The van der Waals surface area contributed by atoms with Gasteiger partial charge >= 0.3 is 6.03 Å². The Morgan fingerprint density at radius 3 is 2.62 bits per heavy atom. The number of hydrogen-bond acceptors (Lipinski definition) is 4. The minimum atomic E-state index is -0.229. The molecule has 1 aliphatic heterocycles. The highest BCUT2D eigenvalue weighted by atomic mass is 16.7. The van der Waals surface area contributed by atoms with Gasteiger partial charge in [-0.2, -0.15) is 5.10 Å². The number of hydrogen-bond donors (Lipinski definition) is 2. The molecule has 0 bridgehead atoms. The van der Waals surface area contributed by atoms with Gasteiger partial charge in [0.05, 0.1) is 5.69 Å². The number of amides is 2. The van der Waals surface area contributed by atoms with Crippen LogP contribution in [0.2, 0.25) is 0 Å². The van der Waals surface area contributed by atoms with E-state index in [1.54, 1.807) is 10.9 Å². The van der Waals surface area contributed by atoms with Crippen LogP contribution in [0.15, 0.2) is 60.9 Å². The standard InChI is InChI=1S/C19H18N4O3/c24-19(21-12-15-5-6-17-18(10-15)26-13-25-17)20-11-14-3-1-4-16(9-14)23-8-2-7-22-23/h1-10H,11-13H2,(H2,20,21,24). The highest BCUT2D eigenvalue weighted by Crippen LogP contribution is 2.32. The van der Waals surface area contributed by atoms with Crippen LogP contribution in [0.3, 0.4) is 0 Å². The van der Waals surface area contributed by atoms with Crippen molar-refractivity contribution in [2.45, 2.75) is 13.1 Å². The molecule has 0 aliphatic carbocycles. The number of urea groups is 1. The molecule has 0 unspecified atom stereocenters. The monoisotopic (exact) mass is 350 g/mol. The summed E-state index contributed by atoms with van der Waals surface area (Å²) in [5, 5.41) is 9.91. The van der Waals surface area contributed by atoms with Gasteiger partial charge in [0.15, 0.2) is 11.5 Å². The fraction of sp³-hybridized carbons (Fsp3) is 0.158. The van der Waals surface area contributed by atoms with E-state index >= 15 is 0 Å². The Morgan fingerprint density at radius 1 is 1.00 bits per heavy atom. The minimum Gasteiger partial charge on any atom is -0.454 e. The van der Waals surface area contributed by atoms with Crippen molar-refractivity contribution in [3.8, 4) is 17.2 Å². The van der Waals surface area contributed by atoms with Crippen molar-refractivity contribution in [2.24, 2.45) is 0 Å². The van der Waals surface area contributed by atoms with Gasteiger partial charge in [-0.3, -0.25) is 0 Å². The van der Waals surface area contributed by atoms with Gasteiger partial charge in [-0.25, -0.2) is 9.48 Å². The molecule has 2 N–H and O–H groups in total. The van der Waals surface area contributed by atoms with E-state index in [0.717, 1.165) is 22.6 Å². The Morgan fingerprint density at radius 2 is 1.81 bits per heavy atom. The first-order valence-corrected chi connectivity index (χ1v) is 8.27. The Balaban J connectivity index is 1.30. The summed E-state index contributed by atoms with van der Waals surface area (Å²) in [4.78, 5) is 12.0. The molecule has 7 nitrogen and oxygen atoms in total. The van der Waals surface area contributed by atoms with E-state index in [1.807, 2.05) is 54.7 Å². The molecule has 4 rings (SSSR count). The molecule has 0 fully saturated rings. The Bertz CT molecular complexity index is 909. The molecule has 132 valence electrons. The predicted octanol–water partition coefficient (Wildman–Crippen LogP) is 2.60. The molecule has 0 saturated heterocycles. The zero-order valence-electron chi connectivity index (χ0n) is 14.0. The van der Waals surface area contributed by atoms with Crippen LogP contribution in [0.25, 0.3) is 5.69 Å². The van der Waals surface area contributed by atoms with Crippen LogP contribution < -0.4 is 20.1 Å². The van der Waals surface area contributed by atoms with E-state index in [2.05, 4.69) is 15.7 Å². The number of carbonyl (C=O) groups excluding carboxylic acids is 1. The van der Waals surface area contributed by atoms with E-state index in [9.17, 15) is 4.79 Å². The largest absolute Gasteiger partial charge is 0.454 e. The highest BCUT2D eigenvalue weighted by molar-refractivity contribution is 5.73. The van der Waals surface area contributed by atoms with E-state index in [-0.39, 0.29) is 12.8 Å². The van der Waals surface area contributed by atoms with Gasteiger partial charge in [0.1, 0.15) is 0 Å². The number of carbonyl (C=O) groups is 1. The number of aromatic nitrogens is 2. The van der Waals surface area contributed by atoms with E-state index < -0.39 is 0 Å². The molecule has 2 heterocycles. The van der Waals surface area contributed by atoms with Gasteiger partial charge in [0.2, 0.25) is 6.79 Å². The normalized spacial score (nSPS) is 12.0. The summed E-state index contributed by atoms with van der Waals surface area (Å²) in [6, 6.07) is 15.1. The quantitative estimate of drug-likeness (QED) is 0.741. The van der Waals surface area contributed by atoms with Gasteiger partial charge in [0, 0.05) is 25.5 Å². The van der Waals surface area contributed by atoms with Crippen LogP contribution in [-0.2, 0) is 13.1 Å². The molecular formula is C19H18N4O3.